The second-order valence-electron chi connectivity index (χ2n) is 7.81. The Balaban J connectivity index is 2.56. The number of carbonyl (C=O) groups is 1. The lowest BCUT2D eigenvalue weighted by Gasteiger charge is -2.40. The lowest BCUT2D eigenvalue weighted by Crippen LogP contribution is -2.57. The molecule has 0 N–H and O–H groups in total. The fraction of sp³-hybridized carbons (Fsp3) is 0.933. The monoisotopic (exact) mass is 502 g/mol. The fourth-order valence-electron chi connectivity index (χ4n) is 3.50. The van der Waals surface area contributed by atoms with E-state index in [-0.39, 0.29) is 18.5 Å². The normalized spacial score (nSPS) is 29.0. The average Bonchev–Trinajstić information content (AvgIpc) is 2.59. The highest BCUT2D eigenvalue weighted by molar-refractivity contribution is 6.85. The molecule has 1 heterocycles. The van der Waals surface area contributed by atoms with Crippen LogP contribution in [0, 0.1) is 5.92 Å². The topological polar surface area (TPSA) is 90.9 Å². The van der Waals surface area contributed by atoms with Crippen LogP contribution in [0.15, 0.2) is 0 Å². The molecule has 172 valence electrons. The van der Waals surface area contributed by atoms with Gasteiger partial charge in [0.2, 0.25) is 0 Å². The molecular weight excluding hydrogens is 465 g/mol. The number of hydrogen-bond donors (Lipinski definition) is 0. The fourth-order valence-corrected chi connectivity index (χ4v) is 21.9. The van der Waals surface area contributed by atoms with E-state index >= 15 is 0 Å². The number of carbonyl (C=O) groups excluding carboxylic acids is 1. The standard InChI is InChI=1S/C15H38O9Si5/c1-14(15(16)20-11-10-12-29(17-2,18-3)19-4)13-28(9)23-25(5)21-27(7,8)22-26(6)24-28/h14,25-26H,10-13H2,1-9H3. The summed E-state index contributed by atoms with van der Waals surface area (Å²) in [7, 11) is -6.49. The zero-order valence-corrected chi connectivity index (χ0v) is 24.5. The Morgan fingerprint density at radius 3 is 1.90 bits per heavy atom. The van der Waals surface area contributed by atoms with Crippen molar-refractivity contribution in [2.45, 2.75) is 58.2 Å². The highest BCUT2D eigenvalue weighted by Crippen LogP contribution is 2.27. The van der Waals surface area contributed by atoms with E-state index in [2.05, 4.69) is 0 Å². The van der Waals surface area contributed by atoms with Crippen molar-refractivity contribution >= 4 is 50.5 Å². The summed E-state index contributed by atoms with van der Waals surface area (Å²) in [6, 6.07) is 1.10. The van der Waals surface area contributed by atoms with Crippen molar-refractivity contribution in [1.82, 2.24) is 0 Å². The summed E-state index contributed by atoms with van der Waals surface area (Å²) in [5, 5.41) is 0. The third-order valence-corrected chi connectivity index (χ3v) is 22.6. The first-order valence-electron chi connectivity index (χ1n) is 9.93. The Kier molecular flexibility index (Phi) is 11.1. The van der Waals surface area contributed by atoms with Crippen LogP contribution in [0.1, 0.15) is 13.3 Å². The van der Waals surface area contributed by atoms with E-state index in [9.17, 15) is 4.79 Å². The van der Waals surface area contributed by atoms with E-state index in [0.29, 0.717) is 18.5 Å². The van der Waals surface area contributed by atoms with E-state index in [1.54, 1.807) is 21.3 Å². The Morgan fingerprint density at radius 1 is 0.966 bits per heavy atom. The smallest absolute Gasteiger partial charge is 0.465 e. The van der Waals surface area contributed by atoms with Gasteiger partial charge in [-0.1, -0.05) is 6.92 Å². The summed E-state index contributed by atoms with van der Waals surface area (Å²) >= 11 is 0. The molecule has 1 fully saturated rings. The van der Waals surface area contributed by atoms with Crippen LogP contribution >= 0.6 is 0 Å². The van der Waals surface area contributed by atoms with Crippen LogP contribution in [0.5, 0.6) is 0 Å². The predicted octanol–water partition coefficient (Wildman–Crippen LogP) is 1.99. The number of hydrogen-bond acceptors (Lipinski definition) is 9. The maximum Gasteiger partial charge on any atom is 0.500 e. The van der Waals surface area contributed by atoms with Crippen molar-refractivity contribution in [3.05, 3.63) is 0 Å². The van der Waals surface area contributed by atoms with Gasteiger partial charge in [-0.15, -0.1) is 0 Å². The van der Waals surface area contributed by atoms with Gasteiger partial charge in [0.25, 0.3) is 0 Å². The van der Waals surface area contributed by atoms with Gasteiger partial charge in [-0.05, 0) is 39.2 Å². The summed E-state index contributed by atoms with van der Waals surface area (Å²) < 4.78 is 46.4. The van der Waals surface area contributed by atoms with E-state index in [1.807, 2.05) is 39.7 Å². The SMILES string of the molecule is CO[Si](CCCOC(=O)C(C)C[Si]1(C)O[SiH](C)O[Si](C)(C)O[SiH](C)O1)(OC)OC. The minimum Gasteiger partial charge on any atom is -0.465 e. The molecule has 0 aliphatic carbocycles. The lowest BCUT2D eigenvalue weighted by molar-refractivity contribution is -0.147. The largest absolute Gasteiger partial charge is 0.500 e. The first-order chi connectivity index (χ1) is 13.4. The van der Waals surface area contributed by atoms with Crippen LogP contribution in [0.2, 0.25) is 44.8 Å². The molecule has 14 heteroatoms. The lowest BCUT2D eigenvalue weighted by atomic mass is 10.2. The molecule has 1 aliphatic rings. The number of esters is 1. The number of rotatable bonds is 10. The highest BCUT2D eigenvalue weighted by atomic mass is 28.5. The number of ether oxygens (including phenoxy) is 1. The Morgan fingerprint density at radius 2 is 1.45 bits per heavy atom. The third kappa shape index (κ3) is 9.12. The van der Waals surface area contributed by atoms with Crippen molar-refractivity contribution in [3.63, 3.8) is 0 Å². The van der Waals surface area contributed by atoms with Crippen molar-refractivity contribution < 1.29 is 39.3 Å². The molecule has 3 unspecified atom stereocenters. The van der Waals surface area contributed by atoms with E-state index in [1.165, 1.54) is 0 Å². The molecule has 0 radical (unpaired) electrons. The van der Waals surface area contributed by atoms with Gasteiger partial charge < -0.3 is 34.5 Å². The minimum absolute atomic E-state index is 0.257. The first kappa shape index (κ1) is 27.3. The molecule has 0 aromatic heterocycles. The van der Waals surface area contributed by atoms with Gasteiger partial charge in [0, 0.05) is 33.4 Å². The molecule has 0 aromatic rings. The molecular formula is C15H38O9Si5. The second kappa shape index (κ2) is 11.8. The van der Waals surface area contributed by atoms with Crippen LogP contribution in [0.25, 0.3) is 0 Å². The molecule has 9 nitrogen and oxygen atoms in total. The van der Waals surface area contributed by atoms with E-state index in [4.69, 9.17) is 34.5 Å². The van der Waals surface area contributed by atoms with E-state index < -0.39 is 44.5 Å². The van der Waals surface area contributed by atoms with Crippen LogP contribution in [-0.2, 0) is 39.3 Å². The molecule has 0 bridgehead atoms. The first-order valence-corrected chi connectivity index (χ1v) is 21.4. The van der Waals surface area contributed by atoms with Gasteiger partial charge in [0.05, 0.1) is 12.5 Å². The zero-order valence-electron chi connectivity index (χ0n) is 19.2. The molecule has 1 rings (SSSR count). The van der Waals surface area contributed by atoms with Gasteiger partial charge in [-0.25, -0.2) is 0 Å². The van der Waals surface area contributed by atoms with Gasteiger partial charge in [0.1, 0.15) is 0 Å². The third-order valence-electron chi connectivity index (χ3n) is 4.61. The molecule has 0 amide bonds. The van der Waals surface area contributed by atoms with Crippen molar-refractivity contribution in [2.75, 3.05) is 27.9 Å². The van der Waals surface area contributed by atoms with Gasteiger partial charge in [-0.3, -0.25) is 4.79 Å². The zero-order chi connectivity index (χ0) is 22.3. The van der Waals surface area contributed by atoms with E-state index in [0.717, 1.165) is 0 Å². The van der Waals surface area contributed by atoms with Gasteiger partial charge >= 0.3 is 50.5 Å². The Labute approximate surface area is 181 Å². The summed E-state index contributed by atoms with van der Waals surface area (Å²) in [4.78, 5) is 12.5. The van der Waals surface area contributed by atoms with Crippen LogP contribution in [-0.4, -0.2) is 78.4 Å². The molecule has 0 spiro atoms. The van der Waals surface area contributed by atoms with Crippen LogP contribution in [0.3, 0.4) is 0 Å². The highest BCUT2D eigenvalue weighted by Gasteiger charge is 2.45. The quantitative estimate of drug-likeness (QED) is 0.253. The minimum atomic E-state index is -2.64. The maximum atomic E-state index is 12.5. The Hall–Kier alpha value is 0.274. The molecule has 0 saturated carbocycles. The second-order valence-corrected chi connectivity index (χ2v) is 22.4. The maximum absolute atomic E-state index is 12.5. The molecule has 1 aliphatic heterocycles. The Bertz CT molecular complexity index is 496. The van der Waals surface area contributed by atoms with Crippen molar-refractivity contribution in [2.24, 2.45) is 5.92 Å². The van der Waals surface area contributed by atoms with Crippen molar-refractivity contribution in [3.8, 4) is 0 Å². The van der Waals surface area contributed by atoms with Gasteiger partial charge in [0.15, 0.2) is 0 Å². The van der Waals surface area contributed by atoms with Crippen LogP contribution in [0.4, 0.5) is 0 Å². The molecule has 29 heavy (non-hydrogen) atoms. The van der Waals surface area contributed by atoms with Gasteiger partial charge in [-0.2, -0.15) is 0 Å². The predicted molar refractivity (Wildman–Crippen MR) is 121 cm³/mol. The summed E-state index contributed by atoms with van der Waals surface area (Å²) in [5.41, 5.74) is 0. The molecule has 3 atom stereocenters. The molecule has 0 aromatic carbocycles. The average molecular weight is 503 g/mol. The van der Waals surface area contributed by atoms with Crippen LogP contribution < -0.4 is 0 Å². The van der Waals surface area contributed by atoms with Crippen molar-refractivity contribution in [1.29, 1.82) is 0 Å². The summed E-state index contributed by atoms with van der Waals surface area (Å²) in [5.74, 6) is -0.583. The summed E-state index contributed by atoms with van der Waals surface area (Å²) in [6.07, 6.45) is 0.608. The summed E-state index contributed by atoms with van der Waals surface area (Å²) in [6.45, 7) is 12.2. The molecule has 1 saturated heterocycles.